The van der Waals surface area contributed by atoms with Crippen LogP contribution in [-0.4, -0.2) is 28.1 Å². The monoisotopic (exact) mass is 289 g/mol. The van der Waals surface area contributed by atoms with Gasteiger partial charge in [-0.05, 0) is 30.7 Å². The third-order valence-electron chi connectivity index (χ3n) is 3.15. The Hall–Kier alpha value is -2.70. The first-order chi connectivity index (χ1) is 10.1. The van der Waals surface area contributed by atoms with Crippen LogP contribution in [0.2, 0.25) is 0 Å². The third-order valence-corrected chi connectivity index (χ3v) is 3.15. The molecule has 6 nitrogen and oxygen atoms in total. The highest BCUT2D eigenvalue weighted by Crippen LogP contribution is 2.25. The molecule has 2 rings (SSSR count). The minimum atomic E-state index is -0.428. The zero-order valence-corrected chi connectivity index (χ0v) is 11.8. The molecule has 0 spiro atoms. The summed E-state index contributed by atoms with van der Waals surface area (Å²) in [6.07, 6.45) is 1.84. The van der Waals surface area contributed by atoms with Crippen molar-refractivity contribution in [1.29, 1.82) is 0 Å². The molecule has 0 amide bonds. The average Bonchev–Trinajstić information content (AvgIpc) is 2.54. The molecule has 0 atom stereocenters. The van der Waals surface area contributed by atoms with Gasteiger partial charge in [0.1, 0.15) is 6.33 Å². The average molecular weight is 289 g/mol. The van der Waals surface area contributed by atoms with E-state index in [2.05, 4.69) is 15.1 Å². The lowest BCUT2D eigenvalue weighted by atomic mass is 10.2. The van der Waals surface area contributed by atoms with E-state index in [1.807, 2.05) is 6.92 Å². The second kappa shape index (κ2) is 6.17. The smallest absolute Gasteiger partial charge is 0.187 e. The molecular weight excluding hydrogens is 273 g/mol. The molecule has 7 heteroatoms. The number of benzene rings is 1. The van der Waals surface area contributed by atoms with Gasteiger partial charge in [-0.15, -0.1) is 0 Å². The van der Waals surface area contributed by atoms with E-state index in [0.29, 0.717) is 17.7 Å². The summed E-state index contributed by atoms with van der Waals surface area (Å²) < 4.78 is 14.2. The molecule has 0 bridgehead atoms. The number of amidine groups is 1. The summed E-state index contributed by atoms with van der Waals surface area (Å²) in [5, 5.41) is 11.6. The Kier molecular flexibility index (Phi) is 4.32. The van der Waals surface area contributed by atoms with E-state index < -0.39 is 5.82 Å². The van der Waals surface area contributed by atoms with Crippen LogP contribution in [0.4, 0.5) is 15.9 Å². The van der Waals surface area contributed by atoms with Crippen LogP contribution in [0.5, 0.6) is 0 Å². The quantitative estimate of drug-likeness (QED) is 0.389. The summed E-state index contributed by atoms with van der Waals surface area (Å²) in [6.45, 7) is 1.83. The van der Waals surface area contributed by atoms with Crippen LogP contribution < -0.4 is 10.6 Å². The predicted octanol–water partition coefficient (Wildman–Crippen LogP) is 2.04. The molecule has 21 heavy (non-hydrogen) atoms. The van der Waals surface area contributed by atoms with Gasteiger partial charge in [0, 0.05) is 18.3 Å². The fourth-order valence-corrected chi connectivity index (χ4v) is 1.91. The zero-order chi connectivity index (χ0) is 15.4. The third kappa shape index (κ3) is 2.91. The van der Waals surface area contributed by atoms with E-state index in [0.717, 1.165) is 5.69 Å². The minimum Gasteiger partial charge on any atom is -0.409 e. The molecule has 0 aliphatic heterocycles. The van der Waals surface area contributed by atoms with Crippen molar-refractivity contribution in [2.75, 3.05) is 11.9 Å². The van der Waals surface area contributed by atoms with Gasteiger partial charge in [0.25, 0.3) is 0 Å². The maximum atomic E-state index is 14.2. The lowest BCUT2D eigenvalue weighted by Gasteiger charge is -2.19. The number of nitrogens with zero attached hydrogens (tertiary/aromatic N) is 4. The molecule has 1 aromatic heterocycles. The Morgan fingerprint density at radius 1 is 1.33 bits per heavy atom. The molecule has 1 aromatic carbocycles. The maximum absolute atomic E-state index is 14.2. The normalized spacial score (nSPS) is 11.5. The van der Waals surface area contributed by atoms with Crippen molar-refractivity contribution in [3.63, 3.8) is 0 Å². The molecule has 1 heterocycles. The number of rotatable bonds is 4. The van der Waals surface area contributed by atoms with E-state index in [1.165, 1.54) is 6.33 Å². The van der Waals surface area contributed by atoms with Gasteiger partial charge in [-0.25, -0.2) is 14.4 Å². The van der Waals surface area contributed by atoms with Gasteiger partial charge in [-0.3, -0.25) is 0 Å². The van der Waals surface area contributed by atoms with Crippen molar-refractivity contribution in [1.82, 2.24) is 9.97 Å². The van der Waals surface area contributed by atoms with Gasteiger partial charge in [0.15, 0.2) is 17.5 Å². The summed E-state index contributed by atoms with van der Waals surface area (Å²) in [7, 11) is 1.71. The van der Waals surface area contributed by atoms with E-state index >= 15 is 0 Å². The standard InChI is InChI=1S/C14H16FN5O/c1-3-11-12(15)14(18-8-17-11)20(2)10-6-4-9(5-7-10)13(16)19-21/h4-8,21H,3H2,1-2H3,(H2,16,19). The van der Waals surface area contributed by atoms with Crippen molar-refractivity contribution >= 4 is 17.3 Å². The number of anilines is 2. The van der Waals surface area contributed by atoms with Crippen molar-refractivity contribution in [3.8, 4) is 0 Å². The summed E-state index contributed by atoms with van der Waals surface area (Å²) >= 11 is 0. The first-order valence-corrected chi connectivity index (χ1v) is 6.39. The van der Waals surface area contributed by atoms with Crippen molar-refractivity contribution in [3.05, 3.63) is 47.7 Å². The maximum Gasteiger partial charge on any atom is 0.187 e. The van der Waals surface area contributed by atoms with Gasteiger partial charge < -0.3 is 15.8 Å². The van der Waals surface area contributed by atoms with Crippen LogP contribution in [0.15, 0.2) is 35.7 Å². The second-order valence-corrected chi connectivity index (χ2v) is 4.40. The van der Waals surface area contributed by atoms with Gasteiger partial charge in [0.2, 0.25) is 0 Å². The van der Waals surface area contributed by atoms with E-state index in [4.69, 9.17) is 10.9 Å². The van der Waals surface area contributed by atoms with E-state index in [1.54, 1.807) is 36.2 Å². The Balaban J connectivity index is 2.34. The van der Waals surface area contributed by atoms with Gasteiger partial charge in [0.05, 0.1) is 5.69 Å². The highest BCUT2D eigenvalue weighted by Gasteiger charge is 2.15. The van der Waals surface area contributed by atoms with Crippen LogP contribution in [-0.2, 0) is 6.42 Å². The first-order valence-electron chi connectivity index (χ1n) is 6.39. The minimum absolute atomic E-state index is 0.0192. The summed E-state index contributed by atoms with van der Waals surface area (Å²) in [5.41, 5.74) is 7.18. The lowest BCUT2D eigenvalue weighted by molar-refractivity contribution is 0.318. The SMILES string of the molecule is CCc1ncnc(N(C)c2ccc(/C(N)=N/O)cc2)c1F. The summed E-state index contributed by atoms with van der Waals surface area (Å²) in [4.78, 5) is 9.51. The summed E-state index contributed by atoms with van der Waals surface area (Å²) in [5.74, 6) is -0.202. The van der Waals surface area contributed by atoms with Crippen molar-refractivity contribution in [2.24, 2.45) is 10.9 Å². The fraction of sp³-hybridized carbons (Fsp3) is 0.214. The number of aryl methyl sites for hydroxylation is 1. The molecule has 0 unspecified atom stereocenters. The van der Waals surface area contributed by atoms with Gasteiger partial charge in [-0.2, -0.15) is 0 Å². The number of oxime groups is 1. The van der Waals surface area contributed by atoms with E-state index in [9.17, 15) is 4.39 Å². The van der Waals surface area contributed by atoms with Crippen LogP contribution in [0.3, 0.4) is 0 Å². The number of hydrogen-bond donors (Lipinski definition) is 2. The molecule has 0 saturated carbocycles. The molecule has 0 radical (unpaired) electrons. The fourth-order valence-electron chi connectivity index (χ4n) is 1.91. The Morgan fingerprint density at radius 3 is 2.57 bits per heavy atom. The largest absolute Gasteiger partial charge is 0.409 e. The number of halogens is 1. The second-order valence-electron chi connectivity index (χ2n) is 4.40. The van der Waals surface area contributed by atoms with Crippen LogP contribution >= 0.6 is 0 Å². The van der Waals surface area contributed by atoms with Crippen LogP contribution in [0.1, 0.15) is 18.2 Å². The number of hydrogen-bond acceptors (Lipinski definition) is 5. The van der Waals surface area contributed by atoms with E-state index in [-0.39, 0.29) is 11.7 Å². The molecule has 2 aromatic rings. The van der Waals surface area contributed by atoms with Gasteiger partial charge in [-0.1, -0.05) is 12.1 Å². The van der Waals surface area contributed by atoms with Crippen LogP contribution in [0, 0.1) is 5.82 Å². The zero-order valence-electron chi connectivity index (χ0n) is 11.8. The molecule has 0 aliphatic carbocycles. The predicted molar refractivity (Wildman–Crippen MR) is 78.4 cm³/mol. The molecule has 110 valence electrons. The highest BCUT2D eigenvalue weighted by molar-refractivity contribution is 5.97. The van der Waals surface area contributed by atoms with Gasteiger partial charge >= 0.3 is 0 Å². The summed E-state index contributed by atoms with van der Waals surface area (Å²) in [6, 6.07) is 6.84. The molecule has 0 fully saturated rings. The molecular formula is C14H16FN5O. The Labute approximate surface area is 121 Å². The topological polar surface area (TPSA) is 87.6 Å². The van der Waals surface area contributed by atoms with Crippen LogP contribution in [0.25, 0.3) is 0 Å². The highest BCUT2D eigenvalue weighted by atomic mass is 19.1. The number of nitrogens with two attached hydrogens (primary N) is 1. The first kappa shape index (κ1) is 14.7. The van der Waals surface area contributed by atoms with Crippen molar-refractivity contribution < 1.29 is 9.60 Å². The molecule has 0 saturated heterocycles. The molecule has 3 N–H and O–H groups in total. The number of aromatic nitrogens is 2. The lowest BCUT2D eigenvalue weighted by Crippen LogP contribution is -2.16. The van der Waals surface area contributed by atoms with Crippen molar-refractivity contribution in [2.45, 2.75) is 13.3 Å². The molecule has 0 aliphatic rings. The Morgan fingerprint density at radius 2 is 2.00 bits per heavy atom. The Bertz CT molecular complexity index is 657.